The number of hydrogen-bond donors (Lipinski definition) is 3. The van der Waals surface area contributed by atoms with Gasteiger partial charge in [0.15, 0.2) is 0 Å². The second kappa shape index (κ2) is 9.86. The summed E-state index contributed by atoms with van der Waals surface area (Å²) in [4.78, 5) is 23.6. The molecule has 7 nitrogen and oxygen atoms in total. The third kappa shape index (κ3) is 6.29. The summed E-state index contributed by atoms with van der Waals surface area (Å²) in [6.45, 7) is 2.97. The van der Waals surface area contributed by atoms with E-state index in [1.54, 1.807) is 19.1 Å². The molecular weight excluding hydrogens is 403 g/mol. The summed E-state index contributed by atoms with van der Waals surface area (Å²) in [5.74, 6) is -0.268. The van der Waals surface area contributed by atoms with Crippen molar-refractivity contribution in [2.24, 2.45) is 0 Å². The first-order valence-corrected chi connectivity index (χ1v) is 8.97. The average molecular weight is 425 g/mol. The van der Waals surface area contributed by atoms with Crippen LogP contribution in [0.15, 0.2) is 36.4 Å². The van der Waals surface area contributed by atoms with Gasteiger partial charge in [-0.15, -0.1) is 0 Å². The zero-order chi connectivity index (χ0) is 22.3. The van der Waals surface area contributed by atoms with Gasteiger partial charge in [-0.1, -0.05) is 0 Å². The van der Waals surface area contributed by atoms with Gasteiger partial charge in [0.2, 0.25) is 11.8 Å². The van der Waals surface area contributed by atoms with Crippen LogP contribution in [0.2, 0.25) is 0 Å². The number of hydrogen-bond acceptors (Lipinski definition) is 5. The van der Waals surface area contributed by atoms with Crippen LogP contribution in [0, 0.1) is 0 Å². The molecular formula is C20H22F3N3O4. The number of alkyl halides is 3. The molecule has 0 aromatic heterocycles. The molecule has 2 rings (SSSR count). The lowest BCUT2D eigenvalue weighted by atomic mass is 10.1. The molecule has 0 fully saturated rings. The van der Waals surface area contributed by atoms with E-state index in [1.165, 1.54) is 26.2 Å². The van der Waals surface area contributed by atoms with Gasteiger partial charge in [0.1, 0.15) is 11.5 Å². The molecule has 2 amide bonds. The van der Waals surface area contributed by atoms with Crippen LogP contribution in [-0.4, -0.2) is 32.1 Å². The Labute approximate surface area is 171 Å². The molecule has 3 N–H and O–H groups in total. The Morgan fingerprint density at radius 3 is 2.30 bits per heavy atom. The van der Waals surface area contributed by atoms with Gasteiger partial charge < -0.3 is 25.4 Å². The largest absolute Gasteiger partial charge is 0.495 e. The Morgan fingerprint density at radius 2 is 1.70 bits per heavy atom. The van der Waals surface area contributed by atoms with E-state index in [2.05, 4.69) is 16.0 Å². The summed E-state index contributed by atoms with van der Waals surface area (Å²) < 4.78 is 49.5. The number of rotatable bonds is 8. The van der Waals surface area contributed by atoms with Crippen molar-refractivity contribution < 1.29 is 32.2 Å². The molecule has 0 spiro atoms. The van der Waals surface area contributed by atoms with Crippen LogP contribution in [0.25, 0.3) is 0 Å². The maximum Gasteiger partial charge on any atom is 0.416 e. The average Bonchev–Trinajstić information content (AvgIpc) is 2.66. The van der Waals surface area contributed by atoms with E-state index in [4.69, 9.17) is 9.47 Å². The van der Waals surface area contributed by atoms with Crippen LogP contribution in [0.3, 0.4) is 0 Å². The Hall–Kier alpha value is -3.43. The smallest absolute Gasteiger partial charge is 0.416 e. The second-order valence-electron chi connectivity index (χ2n) is 6.14. The minimum atomic E-state index is -4.53. The molecule has 0 atom stereocenters. The molecule has 0 bridgehead atoms. The van der Waals surface area contributed by atoms with Gasteiger partial charge in [-0.25, -0.2) is 0 Å². The predicted molar refractivity (Wildman–Crippen MR) is 107 cm³/mol. The van der Waals surface area contributed by atoms with Crippen LogP contribution in [-0.2, 0) is 15.8 Å². The fraction of sp³-hybridized carbons (Fsp3) is 0.300. The van der Waals surface area contributed by atoms with Gasteiger partial charge in [-0.2, -0.15) is 13.2 Å². The number of anilines is 3. The zero-order valence-electron chi connectivity index (χ0n) is 16.6. The van der Waals surface area contributed by atoms with Crippen LogP contribution >= 0.6 is 0 Å². The molecule has 0 aliphatic carbocycles. The Balaban J connectivity index is 2.15. The summed E-state index contributed by atoms with van der Waals surface area (Å²) in [6, 6.07) is 7.67. The molecule has 0 aliphatic heterocycles. The maximum absolute atomic E-state index is 13.0. The molecule has 0 radical (unpaired) electrons. The predicted octanol–water partition coefficient (Wildman–Crippen LogP) is 4.12. The highest BCUT2D eigenvalue weighted by Crippen LogP contribution is 2.35. The number of halogens is 3. The SMILES string of the molecule is CCOc1ccc(C(F)(F)F)cc1NCC(=O)Nc1cc(NC(C)=O)ccc1OC. The third-order valence-corrected chi connectivity index (χ3v) is 3.84. The van der Waals surface area contributed by atoms with Crippen molar-refractivity contribution >= 4 is 28.9 Å². The summed E-state index contributed by atoms with van der Waals surface area (Å²) in [6.07, 6.45) is -4.53. The third-order valence-electron chi connectivity index (χ3n) is 3.84. The summed E-state index contributed by atoms with van der Waals surface area (Å²) >= 11 is 0. The van der Waals surface area contributed by atoms with E-state index >= 15 is 0 Å². The molecule has 0 aliphatic rings. The number of ether oxygens (including phenoxy) is 2. The topological polar surface area (TPSA) is 88.7 Å². The minimum absolute atomic E-state index is 0.0424. The highest BCUT2D eigenvalue weighted by atomic mass is 19.4. The van der Waals surface area contributed by atoms with Crippen molar-refractivity contribution in [3.63, 3.8) is 0 Å². The van der Waals surface area contributed by atoms with Gasteiger partial charge >= 0.3 is 6.18 Å². The highest BCUT2D eigenvalue weighted by Gasteiger charge is 2.31. The Bertz CT molecular complexity index is 917. The molecule has 2 aromatic rings. The number of amides is 2. The molecule has 30 heavy (non-hydrogen) atoms. The summed E-state index contributed by atoms with van der Waals surface area (Å²) in [5, 5.41) is 7.85. The van der Waals surface area contributed by atoms with Crippen LogP contribution in [0.1, 0.15) is 19.4 Å². The summed E-state index contributed by atoms with van der Waals surface area (Å²) in [7, 11) is 1.41. The zero-order valence-corrected chi connectivity index (χ0v) is 16.6. The fourth-order valence-corrected chi connectivity index (χ4v) is 2.58. The lowest BCUT2D eigenvalue weighted by Gasteiger charge is -2.16. The molecule has 0 unspecified atom stereocenters. The van der Waals surface area contributed by atoms with E-state index in [0.717, 1.165) is 12.1 Å². The van der Waals surface area contributed by atoms with Crippen molar-refractivity contribution in [2.75, 3.05) is 36.2 Å². The van der Waals surface area contributed by atoms with Crippen molar-refractivity contribution in [1.29, 1.82) is 0 Å². The van der Waals surface area contributed by atoms with E-state index < -0.39 is 17.6 Å². The quantitative estimate of drug-likeness (QED) is 0.592. The van der Waals surface area contributed by atoms with Gasteiger partial charge in [0, 0.05) is 12.6 Å². The lowest BCUT2D eigenvalue weighted by molar-refractivity contribution is -0.137. The second-order valence-corrected chi connectivity index (χ2v) is 6.14. The van der Waals surface area contributed by atoms with E-state index in [9.17, 15) is 22.8 Å². The van der Waals surface area contributed by atoms with E-state index in [1.807, 2.05) is 0 Å². The van der Waals surface area contributed by atoms with Crippen molar-refractivity contribution in [2.45, 2.75) is 20.0 Å². The normalized spacial score (nSPS) is 10.9. The van der Waals surface area contributed by atoms with Crippen molar-refractivity contribution in [1.82, 2.24) is 0 Å². The fourth-order valence-electron chi connectivity index (χ4n) is 2.58. The number of benzene rings is 2. The van der Waals surface area contributed by atoms with Crippen LogP contribution in [0.4, 0.5) is 30.2 Å². The number of carbonyl (C=O) groups excluding carboxylic acids is 2. The minimum Gasteiger partial charge on any atom is -0.495 e. The maximum atomic E-state index is 13.0. The number of methoxy groups -OCH3 is 1. The molecule has 162 valence electrons. The van der Waals surface area contributed by atoms with Crippen molar-refractivity contribution in [3.05, 3.63) is 42.0 Å². The number of nitrogens with one attached hydrogen (secondary N) is 3. The lowest BCUT2D eigenvalue weighted by Crippen LogP contribution is -2.22. The van der Waals surface area contributed by atoms with Gasteiger partial charge in [-0.3, -0.25) is 9.59 Å². The van der Waals surface area contributed by atoms with Gasteiger partial charge in [0.25, 0.3) is 0 Å². The molecule has 0 saturated heterocycles. The van der Waals surface area contributed by atoms with Crippen LogP contribution < -0.4 is 25.4 Å². The molecule has 10 heteroatoms. The van der Waals surface area contributed by atoms with Gasteiger partial charge in [-0.05, 0) is 43.3 Å². The standard InChI is InChI=1S/C20H22F3N3O4/c1-4-30-18-7-5-13(20(21,22)23)9-15(18)24-11-19(28)26-16-10-14(25-12(2)27)6-8-17(16)29-3/h5-10,24H,4,11H2,1-3H3,(H,25,27)(H,26,28). The number of carbonyl (C=O) groups is 2. The Morgan fingerprint density at radius 1 is 1.00 bits per heavy atom. The van der Waals surface area contributed by atoms with E-state index in [-0.39, 0.29) is 30.5 Å². The highest BCUT2D eigenvalue weighted by molar-refractivity contribution is 5.97. The first-order valence-electron chi connectivity index (χ1n) is 8.97. The van der Waals surface area contributed by atoms with E-state index in [0.29, 0.717) is 17.1 Å². The Kier molecular flexibility index (Phi) is 7.51. The van der Waals surface area contributed by atoms with Crippen molar-refractivity contribution in [3.8, 4) is 11.5 Å². The van der Waals surface area contributed by atoms with Crippen LogP contribution in [0.5, 0.6) is 11.5 Å². The first-order chi connectivity index (χ1) is 14.1. The monoisotopic (exact) mass is 425 g/mol. The molecule has 0 saturated carbocycles. The molecule has 2 aromatic carbocycles. The van der Waals surface area contributed by atoms with Gasteiger partial charge in [0.05, 0.1) is 37.2 Å². The summed E-state index contributed by atoms with van der Waals surface area (Å²) in [5.41, 5.74) is -0.0768. The first kappa shape index (κ1) is 22.9. The molecule has 0 heterocycles.